The van der Waals surface area contributed by atoms with Crippen LogP contribution < -0.4 is 15.2 Å². The lowest BCUT2D eigenvalue weighted by Gasteiger charge is -2.23. The summed E-state index contributed by atoms with van der Waals surface area (Å²) in [5.74, 6) is 0.210. The molecule has 6 nitrogen and oxygen atoms in total. The molecule has 20 heavy (non-hydrogen) atoms. The Hall–Kier alpha value is -1.31. The summed E-state index contributed by atoms with van der Waals surface area (Å²) in [4.78, 5) is -0.0349. The van der Waals surface area contributed by atoms with E-state index in [9.17, 15) is 13.5 Å². The zero-order chi connectivity index (χ0) is 15.4. The van der Waals surface area contributed by atoms with Crippen LogP contribution in [-0.4, -0.2) is 32.8 Å². The number of hydrogen-bond acceptors (Lipinski definition) is 5. The maximum absolute atomic E-state index is 12.3. The van der Waals surface area contributed by atoms with Gasteiger partial charge in [0, 0.05) is 12.2 Å². The lowest BCUT2D eigenvalue weighted by molar-refractivity contribution is 0.0554. The van der Waals surface area contributed by atoms with Crippen LogP contribution in [-0.2, 0) is 10.0 Å². The predicted octanol–water partition coefficient (Wildman–Crippen LogP) is 1.11. The molecule has 0 aromatic heterocycles. The second kappa shape index (κ2) is 6.43. The van der Waals surface area contributed by atoms with Gasteiger partial charge in [-0.3, -0.25) is 0 Å². The number of sulfonamides is 1. The van der Waals surface area contributed by atoms with Crippen molar-refractivity contribution in [3.05, 3.63) is 18.2 Å². The fourth-order valence-corrected chi connectivity index (χ4v) is 3.22. The number of aliphatic hydroxyl groups is 1. The quantitative estimate of drug-likeness (QED) is 0.655. The van der Waals surface area contributed by atoms with E-state index in [1.165, 1.54) is 19.2 Å². The number of nitrogens with two attached hydrogens (primary N) is 1. The highest BCUT2D eigenvalue weighted by Gasteiger charge is 2.25. The van der Waals surface area contributed by atoms with E-state index >= 15 is 0 Å². The van der Waals surface area contributed by atoms with Crippen molar-refractivity contribution >= 4 is 15.7 Å². The molecule has 7 heteroatoms. The van der Waals surface area contributed by atoms with Gasteiger partial charge in [-0.2, -0.15) is 0 Å². The number of anilines is 1. The minimum Gasteiger partial charge on any atom is -0.495 e. The predicted molar refractivity (Wildman–Crippen MR) is 78.1 cm³/mol. The molecule has 114 valence electrons. The third-order valence-corrected chi connectivity index (χ3v) is 4.33. The summed E-state index contributed by atoms with van der Waals surface area (Å²) in [6.45, 7) is 3.45. The van der Waals surface area contributed by atoms with Crippen molar-refractivity contribution in [1.82, 2.24) is 4.72 Å². The summed E-state index contributed by atoms with van der Waals surface area (Å²) in [5, 5.41) is 10.0. The molecule has 0 heterocycles. The molecule has 0 aliphatic heterocycles. The number of hydrogen-bond donors (Lipinski definition) is 3. The second-order valence-corrected chi connectivity index (χ2v) is 6.72. The lowest BCUT2D eigenvalue weighted by atomic mass is 10.0. The van der Waals surface area contributed by atoms with Crippen LogP contribution in [0.25, 0.3) is 0 Å². The number of methoxy groups -OCH3 is 1. The van der Waals surface area contributed by atoms with E-state index in [4.69, 9.17) is 10.5 Å². The Kier molecular flexibility index (Phi) is 5.38. The van der Waals surface area contributed by atoms with Gasteiger partial charge in [-0.05, 0) is 31.5 Å². The Balaban J connectivity index is 2.97. The molecule has 1 atom stereocenters. The van der Waals surface area contributed by atoms with Gasteiger partial charge >= 0.3 is 0 Å². The Morgan fingerprint density at radius 2 is 2.10 bits per heavy atom. The number of rotatable bonds is 7. The van der Waals surface area contributed by atoms with Crippen LogP contribution >= 0.6 is 0 Å². The normalized spacial score (nSPS) is 14.8. The molecule has 0 spiro atoms. The van der Waals surface area contributed by atoms with Crippen molar-refractivity contribution in [2.75, 3.05) is 19.4 Å². The molecule has 0 saturated heterocycles. The smallest absolute Gasteiger partial charge is 0.244 e. The topological polar surface area (TPSA) is 102 Å². The van der Waals surface area contributed by atoms with Crippen molar-refractivity contribution in [3.8, 4) is 5.75 Å². The standard InChI is InChI=1S/C13H22N2O4S/c1-4-7-13(2,16)9-15-20(17,18)12-8-10(14)5-6-11(12)19-3/h5-6,8,15-16H,4,7,9,14H2,1-3H3. The van der Waals surface area contributed by atoms with Gasteiger partial charge in [0.25, 0.3) is 0 Å². The highest BCUT2D eigenvalue weighted by atomic mass is 32.2. The molecule has 0 aliphatic carbocycles. The minimum absolute atomic E-state index is 0.0349. The molecule has 1 unspecified atom stereocenters. The van der Waals surface area contributed by atoms with Gasteiger partial charge in [-0.15, -0.1) is 0 Å². The first-order chi connectivity index (χ1) is 9.22. The van der Waals surface area contributed by atoms with Crippen LogP contribution in [0.1, 0.15) is 26.7 Å². The largest absolute Gasteiger partial charge is 0.495 e. The first kappa shape index (κ1) is 16.7. The van der Waals surface area contributed by atoms with Crippen molar-refractivity contribution in [1.29, 1.82) is 0 Å². The number of nitrogen functional groups attached to an aromatic ring is 1. The van der Waals surface area contributed by atoms with Gasteiger partial charge in [0.15, 0.2) is 0 Å². The molecule has 1 aromatic rings. The molecule has 0 amide bonds. The van der Waals surface area contributed by atoms with Gasteiger partial charge in [0.2, 0.25) is 10.0 Å². The zero-order valence-electron chi connectivity index (χ0n) is 12.0. The second-order valence-electron chi connectivity index (χ2n) is 4.98. The fraction of sp³-hybridized carbons (Fsp3) is 0.538. The van der Waals surface area contributed by atoms with Crippen LogP contribution in [0, 0.1) is 0 Å². The summed E-state index contributed by atoms with van der Waals surface area (Å²) in [6.07, 6.45) is 1.26. The van der Waals surface area contributed by atoms with Crippen molar-refractivity contribution in [2.45, 2.75) is 37.2 Å². The van der Waals surface area contributed by atoms with Crippen LogP contribution in [0.3, 0.4) is 0 Å². The van der Waals surface area contributed by atoms with Crippen LogP contribution in [0.5, 0.6) is 5.75 Å². The minimum atomic E-state index is -3.79. The molecule has 0 bridgehead atoms. The van der Waals surface area contributed by atoms with Crippen LogP contribution in [0.2, 0.25) is 0 Å². The molecule has 0 radical (unpaired) electrons. The Bertz CT molecular complexity index is 555. The van der Waals surface area contributed by atoms with Crippen molar-refractivity contribution in [2.24, 2.45) is 0 Å². The van der Waals surface area contributed by atoms with E-state index in [1.807, 2.05) is 6.92 Å². The van der Waals surface area contributed by atoms with Crippen LogP contribution in [0.4, 0.5) is 5.69 Å². The molecule has 1 aromatic carbocycles. The summed E-state index contributed by atoms with van der Waals surface area (Å²) in [6, 6.07) is 4.38. The third kappa shape index (κ3) is 4.36. The van der Waals surface area contributed by atoms with Gasteiger partial charge in [0.1, 0.15) is 10.6 Å². The zero-order valence-corrected chi connectivity index (χ0v) is 12.8. The summed E-state index contributed by atoms with van der Waals surface area (Å²) < 4.78 is 31.9. The van der Waals surface area contributed by atoms with E-state index in [0.29, 0.717) is 12.1 Å². The van der Waals surface area contributed by atoms with E-state index in [1.54, 1.807) is 13.0 Å². The Morgan fingerprint density at radius 3 is 2.65 bits per heavy atom. The maximum atomic E-state index is 12.3. The van der Waals surface area contributed by atoms with E-state index < -0.39 is 15.6 Å². The first-order valence-electron chi connectivity index (χ1n) is 6.37. The Labute approximate surface area is 120 Å². The summed E-state index contributed by atoms with van der Waals surface area (Å²) in [7, 11) is -2.41. The summed E-state index contributed by atoms with van der Waals surface area (Å²) >= 11 is 0. The van der Waals surface area contributed by atoms with Gasteiger partial charge in [0.05, 0.1) is 12.7 Å². The molecule has 0 saturated carbocycles. The van der Waals surface area contributed by atoms with Gasteiger partial charge in [-0.25, -0.2) is 13.1 Å². The maximum Gasteiger partial charge on any atom is 0.244 e. The molecular weight excluding hydrogens is 280 g/mol. The average molecular weight is 302 g/mol. The fourth-order valence-electron chi connectivity index (χ4n) is 1.86. The monoisotopic (exact) mass is 302 g/mol. The van der Waals surface area contributed by atoms with Crippen molar-refractivity contribution < 1.29 is 18.3 Å². The number of ether oxygens (including phenoxy) is 1. The SMILES string of the molecule is CCCC(C)(O)CNS(=O)(=O)c1cc(N)ccc1OC. The van der Waals surface area contributed by atoms with Crippen molar-refractivity contribution in [3.63, 3.8) is 0 Å². The van der Waals surface area contributed by atoms with E-state index in [-0.39, 0.29) is 17.2 Å². The van der Waals surface area contributed by atoms with E-state index in [0.717, 1.165) is 6.42 Å². The summed E-state index contributed by atoms with van der Waals surface area (Å²) in [5.41, 5.74) is 4.85. The Morgan fingerprint density at radius 1 is 1.45 bits per heavy atom. The molecule has 1 rings (SSSR count). The number of nitrogens with one attached hydrogen (secondary N) is 1. The lowest BCUT2D eigenvalue weighted by Crippen LogP contribution is -2.40. The van der Waals surface area contributed by atoms with Gasteiger partial charge in [-0.1, -0.05) is 13.3 Å². The van der Waals surface area contributed by atoms with Gasteiger partial charge < -0.3 is 15.6 Å². The number of benzene rings is 1. The molecular formula is C13H22N2O4S. The molecule has 0 fully saturated rings. The highest BCUT2D eigenvalue weighted by molar-refractivity contribution is 7.89. The molecule has 0 aliphatic rings. The first-order valence-corrected chi connectivity index (χ1v) is 7.86. The average Bonchev–Trinajstić information content (AvgIpc) is 2.37. The van der Waals surface area contributed by atoms with Crippen LogP contribution in [0.15, 0.2) is 23.1 Å². The third-order valence-electron chi connectivity index (χ3n) is 2.91. The van der Waals surface area contributed by atoms with E-state index in [2.05, 4.69) is 4.72 Å². The highest BCUT2D eigenvalue weighted by Crippen LogP contribution is 2.26. The molecule has 4 N–H and O–H groups in total.